The number of pyridine rings is 1. The largest absolute Gasteiger partial charge is 0.326 e. The van der Waals surface area contributed by atoms with Gasteiger partial charge < -0.3 is 5.32 Å². The number of amides is 1. The first-order valence-electron chi connectivity index (χ1n) is 8.11. The fraction of sp³-hybridized carbons (Fsp3) is 0.0476. The fourth-order valence-corrected chi connectivity index (χ4v) is 2.96. The van der Waals surface area contributed by atoms with E-state index in [4.69, 9.17) is 0 Å². The van der Waals surface area contributed by atoms with Crippen molar-refractivity contribution in [2.75, 3.05) is 5.32 Å². The van der Waals surface area contributed by atoms with E-state index in [0.717, 1.165) is 28.2 Å². The summed E-state index contributed by atoms with van der Waals surface area (Å²) in [6.07, 6.45) is 3.89. The van der Waals surface area contributed by atoms with Gasteiger partial charge in [0.1, 0.15) is 5.65 Å². The second-order valence-corrected chi connectivity index (χ2v) is 5.92. The summed E-state index contributed by atoms with van der Waals surface area (Å²) in [6, 6.07) is 22.2. The second-order valence-electron chi connectivity index (χ2n) is 5.92. The number of benzene rings is 2. The maximum Gasteiger partial charge on any atom is 0.221 e. The molecule has 0 aliphatic carbocycles. The summed E-state index contributed by atoms with van der Waals surface area (Å²) in [6.45, 7) is 1.51. The van der Waals surface area contributed by atoms with E-state index in [0.29, 0.717) is 0 Å². The third-order valence-corrected chi connectivity index (χ3v) is 4.10. The lowest BCUT2D eigenvalue weighted by atomic mass is 10.1. The molecule has 25 heavy (non-hydrogen) atoms. The van der Waals surface area contributed by atoms with Gasteiger partial charge in [0.15, 0.2) is 0 Å². The molecular formula is C21H17N3O. The molecule has 4 aromatic rings. The molecule has 0 bridgehead atoms. The molecule has 4 rings (SSSR count). The van der Waals surface area contributed by atoms with Crippen molar-refractivity contribution in [3.63, 3.8) is 0 Å². The van der Waals surface area contributed by atoms with Crippen LogP contribution in [0.2, 0.25) is 0 Å². The predicted octanol–water partition coefficient (Wildman–Crippen LogP) is 4.63. The Morgan fingerprint density at radius 1 is 0.920 bits per heavy atom. The number of imidazole rings is 1. The van der Waals surface area contributed by atoms with Crippen molar-refractivity contribution >= 4 is 17.2 Å². The molecule has 1 N–H and O–H groups in total. The number of carbonyl (C=O) groups excluding carboxylic acids is 1. The Morgan fingerprint density at radius 3 is 2.52 bits per heavy atom. The quantitative estimate of drug-likeness (QED) is 0.596. The fourth-order valence-electron chi connectivity index (χ4n) is 2.96. The number of rotatable bonds is 3. The number of fused-ring (bicyclic) bond motifs is 1. The van der Waals surface area contributed by atoms with Crippen molar-refractivity contribution in [2.45, 2.75) is 6.92 Å². The summed E-state index contributed by atoms with van der Waals surface area (Å²) < 4.78 is 2.05. The molecule has 4 heteroatoms. The van der Waals surface area contributed by atoms with Crippen molar-refractivity contribution in [1.29, 1.82) is 0 Å². The van der Waals surface area contributed by atoms with Gasteiger partial charge in [-0.3, -0.25) is 9.20 Å². The van der Waals surface area contributed by atoms with Crippen LogP contribution in [-0.4, -0.2) is 15.3 Å². The molecule has 0 saturated carbocycles. The lowest BCUT2D eigenvalue weighted by molar-refractivity contribution is -0.114. The Bertz CT molecular complexity index is 1050. The van der Waals surface area contributed by atoms with Gasteiger partial charge in [0.25, 0.3) is 0 Å². The molecule has 0 saturated heterocycles. The maximum atomic E-state index is 11.3. The van der Waals surface area contributed by atoms with Crippen molar-refractivity contribution in [3.8, 4) is 22.4 Å². The molecule has 2 aromatic heterocycles. The van der Waals surface area contributed by atoms with E-state index in [-0.39, 0.29) is 5.91 Å². The van der Waals surface area contributed by atoms with Crippen LogP contribution >= 0.6 is 0 Å². The van der Waals surface area contributed by atoms with Gasteiger partial charge in [0.2, 0.25) is 5.91 Å². The molecule has 0 aliphatic heterocycles. The Hall–Kier alpha value is -3.40. The highest BCUT2D eigenvalue weighted by molar-refractivity contribution is 5.89. The van der Waals surface area contributed by atoms with Crippen LogP contribution in [0.15, 0.2) is 79.1 Å². The van der Waals surface area contributed by atoms with Gasteiger partial charge in [-0.15, -0.1) is 0 Å². The molecule has 4 nitrogen and oxygen atoms in total. The zero-order chi connectivity index (χ0) is 17.2. The molecular weight excluding hydrogens is 310 g/mol. The standard InChI is InChI=1S/C21H17N3O/c1-15(25)23-19-9-5-8-18(12-19)20-14-22-21-13-17(10-11-24(20)21)16-6-3-2-4-7-16/h2-14H,1H3,(H,23,25). The Kier molecular flexibility index (Phi) is 3.78. The van der Waals surface area contributed by atoms with Crippen LogP contribution in [0.25, 0.3) is 28.0 Å². The van der Waals surface area contributed by atoms with E-state index < -0.39 is 0 Å². The molecule has 1 amide bonds. The monoisotopic (exact) mass is 327 g/mol. The number of hydrogen-bond acceptors (Lipinski definition) is 2. The second kappa shape index (κ2) is 6.24. The first kappa shape index (κ1) is 15.1. The number of nitrogens with zero attached hydrogens (tertiary/aromatic N) is 2. The minimum atomic E-state index is -0.0807. The summed E-state index contributed by atoms with van der Waals surface area (Å²) in [4.78, 5) is 15.8. The molecule has 2 heterocycles. The first-order valence-corrected chi connectivity index (χ1v) is 8.11. The number of carbonyl (C=O) groups is 1. The van der Waals surface area contributed by atoms with E-state index in [1.807, 2.05) is 54.9 Å². The predicted molar refractivity (Wildman–Crippen MR) is 100 cm³/mol. The number of nitrogens with one attached hydrogen (secondary N) is 1. The van der Waals surface area contributed by atoms with E-state index in [1.54, 1.807) is 0 Å². The van der Waals surface area contributed by atoms with E-state index in [9.17, 15) is 4.79 Å². The third kappa shape index (κ3) is 3.02. The minimum Gasteiger partial charge on any atom is -0.326 e. The Balaban J connectivity index is 1.76. The topological polar surface area (TPSA) is 46.4 Å². The highest BCUT2D eigenvalue weighted by Crippen LogP contribution is 2.26. The average molecular weight is 327 g/mol. The van der Waals surface area contributed by atoms with Crippen LogP contribution in [0, 0.1) is 0 Å². The summed E-state index contributed by atoms with van der Waals surface area (Å²) >= 11 is 0. The highest BCUT2D eigenvalue weighted by Gasteiger charge is 2.08. The van der Waals surface area contributed by atoms with Gasteiger partial charge in [0, 0.05) is 24.4 Å². The molecule has 0 atom stereocenters. The number of anilines is 1. The first-order chi connectivity index (χ1) is 12.2. The van der Waals surface area contributed by atoms with Gasteiger partial charge in [-0.1, -0.05) is 42.5 Å². The van der Waals surface area contributed by atoms with Crippen molar-refractivity contribution in [1.82, 2.24) is 9.38 Å². The normalized spacial score (nSPS) is 10.8. The Labute approximate surface area is 145 Å². The van der Waals surface area contributed by atoms with Gasteiger partial charge in [-0.25, -0.2) is 4.98 Å². The van der Waals surface area contributed by atoms with Crippen LogP contribution in [-0.2, 0) is 4.79 Å². The molecule has 122 valence electrons. The number of aromatic nitrogens is 2. The van der Waals surface area contributed by atoms with E-state index in [1.165, 1.54) is 12.5 Å². The lowest BCUT2D eigenvalue weighted by Crippen LogP contribution is -2.05. The molecule has 2 aromatic carbocycles. The van der Waals surface area contributed by atoms with Crippen LogP contribution in [0.1, 0.15) is 6.92 Å². The van der Waals surface area contributed by atoms with Crippen molar-refractivity contribution in [2.24, 2.45) is 0 Å². The molecule has 0 radical (unpaired) electrons. The van der Waals surface area contributed by atoms with E-state index >= 15 is 0 Å². The van der Waals surface area contributed by atoms with Crippen LogP contribution in [0.3, 0.4) is 0 Å². The summed E-state index contributed by atoms with van der Waals surface area (Å²) in [5.41, 5.74) is 5.97. The van der Waals surface area contributed by atoms with Gasteiger partial charge >= 0.3 is 0 Å². The minimum absolute atomic E-state index is 0.0807. The maximum absolute atomic E-state index is 11.3. The molecule has 0 unspecified atom stereocenters. The summed E-state index contributed by atoms with van der Waals surface area (Å²) in [5.74, 6) is -0.0807. The van der Waals surface area contributed by atoms with Gasteiger partial charge in [-0.05, 0) is 35.4 Å². The van der Waals surface area contributed by atoms with Crippen LogP contribution < -0.4 is 5.32 Å². The smallest absolute Gasteiger partial charge is 0.221 e. The Morgan fingerprint density at radius 2 is 1.72 bits per heavy atom. The lowest BCUT2D eigenvalue weighted by Gasteiger charge is -2.07. The summed E-state index contributed by atoms with van der Waals surface area (Å²) in [7, 11) is 0. The van der Waals surface area contributed by atoms with Gasteiger partial charge in [-0.2, -0.15) is 0 Å². The van der Waals surface area contributed by atoms with Gasteiger partial charge in [0.05, 0.1) is 11.9 Å². The zero-order valence-electron chi connectivity index (χ0n) is 13.8. The van der Waals surface area contributed by atoms with E-state index in [2.05, 4.69) is 39.0 Å². The SMILES string of the molecule is CC(=O)Nc1cccc(-c2cnc3cc(-c4ccccc4)ccn23)c1. The summed E-state index contributed by atoms with van der Waals surface area (Å²) in [5, 5.41) is 2.82. The number of hydrogen-bond donors (Lipinski definition) is 1. The van der Waals surface area contributed by atoms with Crippen LogP contribution in [0.5, 0.6) is 0 Å². The van der Waals surface area contributed by atoms with Crippen molar-refractivity contribution < 1.29 is 4.79 Å². The zero-order valence-corrected chi connectivity index (χ0v) is 13.8. The third-order valence-electron chi connectivity index (χ3n) is 4.10. The van der Waals surface area contributed by atoms with Crippen LogP contribution in [0.4, 0.5) is 5.69 Å². The average Bonchev–Trinajstić information content (AvgIpc) is 3.05. The molecule has 0 aliphatic rings. The molecule has 0 spiro atoms. The molecule has 0 fully saturated rings. The highest BCUT2D eigenvalue weighted by atomic mass is 16.1. The van der Waals surface area contributed by atoms with Crippen molar-refractivity contribution in [3.05, 3.63) is 79.1 Å².